The van der Waals surface area contributed by atoms with Crippen molar-refractivity contribution in [2.24, 2.45) is 0 Å². The molecule has 8 rings (SSSR count). The summed E-state index contributed by atoms with van der Waals surface area (Å²) in [6, 6.07) is 19.2. The SMILES string of the molecule is CN1CCC[C@H]1COc1nc(N2C3CCC2CN(C(=O)CCCn2ccnc2)C3)c2ccc(-c3cc(O)cc4ccccc34)cc2n1. The number of likely N-dealkylation sites (N-methyl/N-ethyl adjacent to an activating group) is 1. The van der Waals surface area contributed by atoms with E-state index in [4.69, 9.17) is 14.7 Å². The predicted octanol–water partition coefficient (Wildman–Crippen LogP) is 5.49. The van der Waals surface area contributed by atoms with E-state index in [1.54, 1.807) is 18.6 Å². The van der Waals surface area contributed by atoms with Gasteiger partial charge in [-0.3, -0.25) is 4.79 Å². The molecular weight excluding hydrogens is 590 g/mol. The number of phenolic OH excluding ortho intramolecular Hbond substituents is 1. The van der Waals surface area contributed by atoms with Gasteiger partial charge in [0.15, 0.2) is 0 Å². The lowest BCUT2D eigenvalue weighted by molar-refractivity contribution is -0.132. The highest BCUT2D eigenvalue weighted by molar-refractivity contribution is 6.01. The van der Waals surface area contributed by atoms with Crippen molar-refractivity contribution in [3.05, 3.63) is 73.3 Å². The first-order valence-electron chi connectivity index (χ1n) is 16.9. The third-order valence-corrected chi connectivity index (χ3v) is 10.3. The molecular formula is C37H41N7O3. The maximum Gasteiger partial charge on any atom is 0.319 e. The number of phenols is 1. The summed E-state index contributed by atoms with van der Waals surface area (Å²) in [5, 5.41) is 13.6. The molecule has 2 unspecified atom stereocenters. The molecule has 2 bridgehead atoms. The highest BCUT2D eigenvalue weighted by Crippen LogP contribution is 2.40. The van der Waals surface area contributed by atoms with Crippen LogP contribution in [0.3, 0.4) is 0 Å². The maximum absolute atomic E-state index is 13.3. The van der Waals surface area contributed by atoms with Gasteiger partial charge in [0.2, 0.25) is 5.91 Å². The van der Waals surface area contributed by atoms with Crippen LogP contribution < -0.4 is 9.64 Å². The highest BCUT2D eigenvalue weighted by Gasteiger charge is 2.42. The van der Waals surface area contributed by atoms with Crippen molar-refractivity contribution in [3.8, 4) is 22.9 Å². The van der Waals surface area contributed by atoms with E-state index in [2.05, 4.69) is 51.0 Å². The van der Waals surface area contributed by atoms with Crippen LogP contribution in [-0.4, -0.2) is 91.7 Å². The van der Waals surface area contributed by atoms with Crippen LogP contribution in [0, 0.1) is 0 Å². The summed E-state index contributed by atoms with van der Waals surface area (Å²) in [7, 11) is 2.15. The van der Waals surface area contributed by atoms with Gasteiger partial charge in [0.25, 0.3) is 0 Å². The number of nitrogens with zero attached hydrogens (tertiary/aromatic N) is 7. The molecule has 3 aromatic carbocycles. The van der Waals surface area contributed by atoms with Crippen molar-refractivity contribution in [1.29, 1.82) is 0 Å². The number of aromatic nitrogens is 4. The summed E-state index contributed by atoms with van der Waals surface area (Å²) in [5.74, 6) is 1.34. The van der Waals surface area contributed by atoms with Gasteiger partial charge in [-0.1, -0.05) is 30.3 Å². The Kier molecular flexibility index (Phi) is 7.88. The smallest absolute Gasteiger partial charge is 0.319 e. The van der Waals surface area contributed by atoms with E-state index in [1.165, 1.54) is 6.42 Å². The Labute approximate surface area is 274 Å². The van der Waals surface area contributed by atoms with E-state index >= 15 is 0 Å². The van der Waals surface area contributed by atoms with E-state index in [0.29, 0.717) is 38.2 Å². The van der Waals surface area contributed by atoms with Crippen LogP contribution in [0.1, 0.15) is 38.5 Å². The van der Waals surface area contributed by atoms with Crippen molar-refractivity contribution in [1.82, 2.24) is 29.3 Å². The molecule has 5 heterocycles. The van der Waals surface area contributed by atoms with Crippen molar-refractivity contribution >= 4 is 33.4 Å². The van der Waals surface area contributed by atoms with E-state index < -0.39 is 0 Å². The normalized spacial score (nSPS) is 21.3. The van der Waals surface area contributed by atoms with E-state index in [9.17, 15) is 9.90 Å². The van der Waals surface area contributed by atoms with Crippen LogP contribution in [0.15, 0.2) is 73.3 Å². The van der Waals surface area contributed by atoms with E-state index in [1.807, 2.05) is 35.0 Å². The topological polar surface area (TPSA) is 99.9 Å². The number of imidazole rings is 1. The zero-order valence-corrected chi connectivity index (χ0v) is 26.8. The highest BCUT2D eigenvalue weighted by atomic mass is 16.5. The van der Waals surface area contributed by atoms with Crippen LogP contribution >= 0.6 is 0 Å². The number of aromatic hydroxyl groups is 1. The lowest BCUT2D eigenvalue weighted by Crippen LogP contribution is -2.55. The van der Waals surface area contributed by atoms with Crippen LogP contribution in [0.5, 0.6) is 11.8 Å². The molecule has 0 saturated carbocycles. The van der Waals surface area contributed by atoms with Crippen LogP contribution in [0.4, 0.5) is 5.82 Å². The second-order valence-corrected chi connectivity index (χ2v) is 13.4. The molecule has 242 valence electrons. The maximum atomic E-state index is 13.3. The lowest BCUT2D eigenvalue weighted by Gasteiger charge is -2.42. The van der Waals surface area contributed by atoms with Crippen molar-refractivity contribution in [3.63, 3.8) is 0 Å². The fraction of sp³-hybridized carbons (Fsp3) is 0.405. The van der Waals surface area contributed by atoms with Gasteiger partial charge >= 0.3 is 6.01 Å². The number of hydrogen-bond acceptors (Lipinski definition) is 8. The summed E-state index contributed by atoms with van der Waals surface area (Å²) in [4.78, 5) is 34.3. The number of aryl methyl sites for hydroxylation is 1. The Bertz CT molecular complexity index is 1900. The van der Waals surface area contributed by atoms with Gasteiger partial charge in [0, 0.05) is 62.0 Å². The Morgan fingerprint density at radius 3 is 2.64 bits per heavy atom. The summed E-state index contributed by atoms with van der Waals surface area (Å²) >= 11 is 0. The first kappa shape index (κ1) is 29.7. The van der Waals surface area contributed by atoms with Gasteiger partial charge in [-0.25, -0.2) is 4.98 Å². The molecule has 3 aliphatic heterocycles. The minimum Gasteiger partial charge on any atom is -0.508 e. The molecule has 47 heavy (non-hydrogen) atoms. The minimum absolute atomic E-state index is 0.188. The monoisotopic (exact) mass is 631 g/mol. The molecule has 5 aromatic rings. The third-order valence-electron chi connectivity index (χ3n) is 10.3. The number of likely N-dealkylation sites (tertiary alicyclic amines) is 2. The Balaban J connectivity index is 1.11. The Hall–Kier alpha value is -4.70. The van der Waals surface area contributed by atoms with Gasteiger partial charge < -0.3 is 29.1 Å². The van der Waals surface area contributed by atoms with Crippen LogP contribution in [0.25, 0.3) is 32.8 Å². The predicted molar refractivity (Wildman–Crippen MR) is 183 cm³/mol. The van der Waals surface area contributed by atoms with Gasteiger partial charge in [-0.05, 0) is 91.9 Å². The summed E-state index contributed by atoms with van der Waals surface area (Å²) in [5.41, 5.74) is 2.75. The Morgan fingerprint density at radius 1 is 1.00 bits per heavy atom. The second kappa shape index (κ2) is 12.5. The summed E-state index contributed by atoms with van der Waals surface area (Å²) in [6.07, 6.45) is 11.2. The molecule has 0 spiro atoms. The van der Waals surface area contributed by atoms with Gasteiger partial charge in [0.05, 0.1) is 11.8 Å². The standard InChI is InChI=1S/C37H41N7O3/c1-41-15-4-7-29(41)23-47-37-39-34-19-26(33-20-30(45)18-25-6-2-3-8-31(25)33)10-13-32(34)36(40-37)44-27-11-12-28(44)22-43(21-27)35(46)9-5-16-42-17-14-38-24-42/h2-3,6,8,10,13-14,17-20,24,27-29,45H,4-5,7,9,11-12,15-16,21-23H2,1H3/t27?,28?,29-/m0/s1. The molecule has 1 N–H and O–H groups in total. The lowest BCUT2D eigenvalue weighted by atomic mass is 9.97. The fourth-order valence-corrected chi connectivity index (χ4v) is 7.86. The van der Waals surface area contributed by atoms with E-state index in [-0.39, 0.29) is 23.7 Å². The molecule has 0 radical (unpaired) electrons. The molecule has 2 aromatic heterocycles. The number of carbonyl (C=O) groups is 1. The quantitative estimate of drug-likeness (QED) is 0.228. The summed E-state index contributed by atoms with van der Waals surface area (Å²) < 4.78 is 8.38. The van der Waals surface area contributed by atoms with Gasteiger partial charge in [-0.15, -0.1) is 0 Å². The average Bonchev–Trinajstić information content (AvgIpc) is 3.81. The molecule has 10 heteroatoms. The Morgan fingerprint density at radius 2 is 1.85 bits per heavy atom. The molecule has 3 fully saturated rings. The van der Waals surface area contributed by atoms with Crippen molar-refractivity contribution in [2.75, 3.05) is 38.2 Å². The second-order valence-electron chi connectivity index (χ2n) is 13.4. The number of carbonyl (C=O) groups excluding carboxylic acids is 1. The average molecular weight is 632 g/mol. The number of benzene rings is 3. The largest absolute Gasteiger partial charge is 0.508 e. The van der Waals surface area contributed by atoms with Crippen molar-refractivity contribution < 1.29 is 14.6 Å². The minimum atomic E-state index is 0.188. The molecule has 3 atom stereocenters. The number of anilines is 1. The molecule has 3 aliphatic rings. The first-order valence-corrected chi connectivity index (χ1v) is 16.9. The van der Waals surface area contributed by atoms with E-state index in [0.717, 1.165) is 77.4 Å². The zero-order valence-electron chi connectivity index (χ0n) is 26.8. The number of fused-ring (bicyclic) bond motifs is 4. The van der Waals surface area contributed by atoms with Crippen LogP contribution in [-0.2, 0) is 11.3 Å². The number of ether oxygens (including phenoxy) is 1. The third kappa shape index (κ3) is 5.86. The zero-order chi connectivity index (χ0) is 31.9. The van der Waals surface area contributed by atoms with Crippen LogP contribution in [0.2, 0.25) is 0 Å². The number of hydrogen-bond donors (Lipinski definition) is 1. The first-order chi connectivity index (χ1) is 23.0. The number of amides is 1. The van der Waals surface area contributed by atoms with Gasteiger partial charge in [0.1, 0.15) is 18.2 Å². The number of piperazine rings is 1. The fourth-order valence-electron chi connectivity index (χ4n) is 7.86. The molecule has 0 aliphatic carbocycles. The van der Waals surface area contributed by atoms with Crippen molar-refractivity contribution in [2.45, 2.75) is 63.2 Å². The molecule has 1 amide bonds. The van der Waals surface area contributed by atoms with Gasteiger partial charge in [-0.2, -0.15) is 9.97 Å². The summed E-state index contributed by atoms with van der Waals surface area (Å²) in [6.45, 7) is 3.82. The number of rotatable bonds is 9. The molecule has 10 nitrogen and oxygen atoms in total. The molecule has 3 saturated heterocycles.